The van der Waals surface area contributed by atoms with Gasteiger partial charge in [0.2, 0.25) is 0 Å². The van der Waals surface area contributed by atoms with Gasteiger partial charge in [0.1, 0.15) is 5.75 Å². The maximum Gasteiger partial charge on any atom is 0.263 e. The summed E-state index contributed by atoms with van der Waals surface area (Å²) in [6.45, 7) is 2.80. The summed E-state index contributed by atoms with van der Waals surface area (Å²) in [5.74, 6) is 0.386. The van der Waals surface area contributed by atoms with Crippen LogP contribution in [-0.2, 0) is 9.53 Å². The minimum absolute atomic E-state index is 0.159. The highest BCUT2D eigenvalue weighted by atomic mass is 35.5. The van der Waals surface area contributed by atoms with E-state index in [0.717, 1.165) is 0 Å². The number of nitrogens with zero attached hydrogens (tertiary/aromatic N) is 2. The molecule has 1 fully saturated rings. The predicted octanol–water partition coefficient (Wildman–Crippen LogP) is 1.86. The summed E-state index contributed by atoms with van der Waals surface area (Å²) in [5.41, 5.74) is 0. The third-order valence-corrected chi connectivity index (χ3v) is 3.21. The van der Waals surface area contributed by atoms with Crippen molar-refractivity contribution < 1.29 is 14.3 Å². The second-order valence-corrected chi connectivity index (χ2v) is 4.93. The lowest BCUT2D eigenvalue weighted by molar-refractivity contribution is -0.143. The van der Waals surface area contributed by atoms with Gasteiger partial charge in [-0.05, 0) is 25.1 Å². The molecule has 0 aliphatic carbocycles. The fourth-order valence-electron chi connectivity index (χ4n) is 1.98. The summed E-state index contributed by atoms with van der Waals surface area (Å²) in [4.78, 5) is 13.8. The van der Waals surface area contributed by atoms with Crippen LogP contribution in [0.5, 0.6) is 5.75 Å². The number of amides is 1. The van der Waals surface area contributed by atoms with Gasteiger partial charge in [-0.15, -0.1) is 0 Å². The molecule has 1 saturated heterocycles. The number of benzene rings is 1. The maximum absolute atomic E-state index is 12.3. The van der Waals surface area contributed by atoms with E-state index in [1.54, 1.807) is 36.1 Å². The van der Waals surface area contributed by atoms with Gasteiger partial charge in [-0.2, -0.15) is 5.26 Å². The number of halogens is 1. The fraction of sp³-hybridized carbons (Fsp3) is 0.429. The molecule has 0 saturated carbocycles. The lowest BCUT2D eigenvalue weighted by Gasteiger charge is -2.31. The van der Waals surface area contributed by atoms with Gasteiger partial charge in [0, 0.05) is 11.6 Å². The molecule has 0 N–H and O–H groups in total. The van der Waals surface area contributed by atoms with Gasteiger partial charge in [-0.1, -0.05) is 17.7 Å². The number of carbonyl (C=O) groups excluding carboxylic acids is 1. The number of ether oxygens (including phenoxy) is 2. The molecule has 1 aliphatic heterocycles. The summed E-state index contributed by atoms with van der Waals surface area (Å²) in [6.07, 6.45) is -1.20. The van der Waals surface area contributed by atoms with E-state index in [4.69, 9.17) is 26.3 Å². The Morgan fingerprint density at radius 3 is 3.15 bits per heavy atom. The topological polar surface area (TPSA) is 62.6 Å². The molecule has 1 aliphatic rings. The van der Waals surface area contributed by atoms with Crippen LogP contribution in [-0.4, -0.2) is 42.7 Å². The first kappa shape index (κ1) is 14.6. The average molecular weight is 295 g/mol. The summed E-state index contributed by atoms with van der Waals surface area (Å²) in [7, 11) is 0. The summed E-state index contributed by atoms with van der Waals surface area (Å²) in [5, 5.41) is 9.39. The lowest BCUT2D eigenvalue weighted by Crippen LogP contribution is -2.49. The zero-order valence-corrected chi connectivity index (χ0v) is 11.8. The molecule has 1 amide bonds. The number of morpholine rings is 1. The van der Waals surface area contributed by atoms with E-state index in [1.807, 2.05) is 6.07 Å². The third-order valence-electron chi connectivity index (χ3n) is 2.98. The average Bonchev–Trinajstić information content (AvgIpc) is 2.46. The van der Waals surface area contributed by atoms with Gasteiger partial charge in [0.05, 0.1) is 19.2 Å². The van der Waals surface area contributed by atoms with Crippen molar-refractivity contribution in [3.05, 3.63) is 29.3 Å². The van der Waals surface area contributed by atoms with Gasteiger partial charge < -0.3 is 14.4 Å². The van der Waals surface area contributed by atoms with Crippen LogP contribution >= 0.6 is 11.6 Å². The Labute approximate surface area is 122 Å². The highest BCUT2D eigenvalue weighted by molar-refractivity contribution is 6.30. The monoisotopic (exact) mass is 294 g/mol. The number of nitriles is 1. The van der Waals surface area contributed by atoms with Gasteiger partial charge >= 0.3 is 0 Å². The minimum Gasteiger partial charge on any atom is -0.481 e. The molecular formula is C14H15ClN2O3. The molecule has 0 radical (unpaired) electrons. The standard InChI is InChI=1S/C14H15ClN2O3/c1-10(20-12-4-2-3-11(15)7-12)14(18)17-5-6-19-13(8-16)9-17/h2-4,7,10,13H,5-6,9H2,1H3. The van der Waals surface area contributed by atoms with Crippen molar-refractivity contribution in [3.8, 4) is 11.8 Å². The van der Waals surface area contributed by atoms with Gasteiger partial charge in [0.25, 0.3) is 5.91 Å². The number of carbonyl (C=O) groups is 1. The number of hydrogen-bond donors (Lipinski definition) is 0. The first-order valence-corrected chi connectivity index (χ1v) is 6.70. The van der Waals surface area contributed by atoms with E-state index in [-0.39, 0.29) is 12.5 Å². The molecular weight excluding hydrogens is 280 g/mol. The highest BCUT2D eigenvalue weighted by Crippen LogP contribution is 2.19. The highest BCUT2D eigenvalue weighted by Gasteiger charge is 2.28. The van der Waals surface area contributed by atoms with Crippen LogP contribution in [0.1, 0.15) is 6.92 Å². The van der Waals surface area contributed by atoms with Crippen LogP contribution in [0.25, 0.3) is 0 Å². The Morgan fingerprint density at radius 2 is 2.45 bits per heavy atom. The second-order valence-electron chi connectivity index (χ2n) is 4.49. The van der Waals surface area contributed by atoms with Crippen molar-refractivity contribution in [1.82, 2.24) is 4.90 Å². The summed E-state index contributed by atoms with van der Waals surface area (Å²) >= 11 is 5.87. The first-order chi connectivity index (χ1) is 9.60. The van der Waals surface area contributed by atoms with Crippen molar-refractivity contribution in [2.24, 2.45) is 0 Å². The SMILES string of the molecule is CC(Oc1cccc(Cl)c1)C(=O)N1CCOC(C#N)C1. The van der Waals surface area contributed by atoms with E-state index in [9.17, 15) is 4.79 Å². The van der Waals surface area contributed by atoms with Crippen LogP contribution in [0.4, 0.5) is 0 Å². The van der Waals surface area contributed by atoms with Gasteiger partial charge in [0.15, 0.2) is 12.2 Å². The molecule has 6 heteroatoms. The Morgan fingerprint density at radius 1 is 1.65 bits per heavy atom. The fourth-order valence-corrected chi connectivity index (χ4v) is 2.16. The molecule has 1 aromatic rings. The quantitative estimate of drug-likeness (QED) is 0.853. The normalized spacial score (nSPS) is 20.1. The van der Waals surface area contributed by atoms with E-state index in [1.165, 1.54) is 0 Å². The number of hydrogen-bond acceptors (Lipinski definition) is 4. The Balaban J connectivity index is 1.96. The zero-order chi connectivity index (χ0) is 14.5. The van der Waals surface area contributed by atoms with Crippen LogP contribution in [0.15, 0.2) is 24.3 Å². The molecule has 20 heavy (non-hydrogen) atoms. The number of rotatable bonds is 3. The first-order valence-electron chi connectivity index (χ1n) is 6.32. The molecule has 5 nitrogen and oxygen atoms in total. The van der Waals surface area contributed by atoms with Crippen LogP contribution < -0.4 is 4.74 Å². The van der Waals surface area contributed by atoms with Crippen LogP contribution in [0.2, 0.25) is 5.02 Å². The molecule has 106 valence electrons. The molecule has 1 aromatic carbocycles. The molecule has 2 rings (SSSR count). The van der Waals surface area contributed by atoms with E-state index >= 15 is 0 Å². The largest absolute Gasteiger partial charge is 0.481 e. The van der Waals surface area contributed by atoms with E-state index in [2.05, 4.69) is 0 Å². The van der Waals surface area contributed by atoms with E-state index in [0.29, 0.717) is 23.9 Å². The Hall–Kier alpha value is -1.77. The van der Waals surface area contributed by atoms with Crippen LogP contribution in [0, 0.1) is 11.3 Å². The Kier molecular flexibility index (Phi) is 4.83. The maximum atomic E-state index is 12.3. The Bertz CT molecular complexity index is 529. The summed E-state index contributed by atoms with van der Waals surface area (Å²) in [6, 6.07) is 8.90. The van der Waals surface area contributed by atoms with Gasteiger partial charge in [-0.3, -0.25) is 4.79 Å². The second kappa shape index (κ2) is 6.60. The smallest absolute Gasteiger partial charge is 0.263 e. The molecule has 2 atom stereocenters. The molecule has 0 bridgehead atoms. The van der Waals surface area contributed by atoms with Crippen molar-refractivity contribution in [2.75, 3.05) is 19.7 Å². The van der Waals surface area contributed by atoms with Crippen molar-refractivity contribution in [1.29, 1.82) is 5.26 Å². The lowest BCUT2D eigenvalue weighted by atomic mass is 10.2. The van der Waals surface area contributed by atoms with Crippen molar-refractivity contribution >= 4 is 17.5 Å². The predicted molar refractivity (Wildman–Crippen MR) is 73.5 cm³/mol. The molecule has 0 aromatic heterocycles. The third kappa shape index (κ3) is 3.62. The molecule has 2 unspecified atom stereocenters. The van der Waals surface area contributed by atoms with Crippen molar-refractivity contribution in [2.45, 2.75) is 19.1 Å². The van der Waals surface area contributed by atoms with Crippen LogP contribution in [0.3, 0.4) is 0 Å². The zero-order valence-electron chi connectivity index (χ0n) is 11.1. The molecule has 1 heterocycles. The molecule has 0 spiro atoms. The van der Waals surface area contributed by atoms with Crippen molar-refractivity contribution in [3.63, 3.8) is 0 Å². The van der Waals surface area contributed by atoms with Gasteiger partial charge in [-0.25, -0.2) is 0 Å². The minimum atomic E-state index is -0.633. The summed E-state index contributed by atoms with van der Waals surface area (Å²) < 4.78 is 10.8. The van der Waals surface area contributed by atoms with E-state index < -0.39 is 12.2 Å².